The summed E-state index contributed by atoms with van der Waals surface area (Å²) in [5.74, 6) is 0.854. The lowest BCUT2D eigenvalue weighted by Gasteiger charge is -2.22. The van der Waals surface area contributed by atoms with Gasteiger partial charge < -0.3 is 5.32 Å². The molecule has 0 bridgehead atoms. The van der Waals surface area contributed by atoms with E-state index in [9.17, 15) is 0 Å². The van der Waals surface area contributed by atoms with Crippen LogP contribution in [0.5, 0.6) is 0 Å². The molecular formula is C16H27N. The van der Waals surface area contributed by atoms with Gasteiger partial charge in [-0.05, 0) is 24.9 Å². The fraction of sp³-hybridized carbons (Fsp3) is 0.625. The number of hydrogen-bond acceptors (Lipinski definition) is 1. The third kappa shape index (κ3) is 4.91. The van der Waals surface area contributed by atoms with E-state index in [-0.39, 0.29) is 0 Å². The van der Waals surface area contributed by atoms with Gasteiger partial charge in [0.2, 0.25) is 0 Å². The lowest BCUT2D eigenvalue weighted by molar-refractivity contribution is 0.365. The zero-order valence-electron chi connectivity index (χ0n) is 11.6. The standard InChI is InChI=1S/C16H27N/c1-4-6-10-14(5-2)13-16(17-3)15-11-8-7-9-12-15/h7-9,11-12,14,16-17H,4-6,10,13H2,1-3H3. The van der Waals surface area contributed by atoms with Crippen molar-refractivity contribution in [2.45, 2.75) is 52.0 Å². The quantitative estimate of drug-likeness (QED) is 0.694. The van der Waals surface area contributed by atoms with E-state index in [1.54, 1.807) is 0 Å². The molecule has 0 radical (unpaired) electrons. The first kappa shape index (κ1) is 14.2. The highest BCUT2D eigenvalue weighted by atomic mass is 14.9. The van der Waals surface area contributed by atoms with Gasteiger partial charge in [0, 0.05) is 6.04 Å². The maximum atomic E-state index is 3.46. The van der Waals surface area contributed by atoms with E-state index < -0.39 is 0 Å². The molecule has 2 unspecified atom stereocenters. The molecule has 0 aliphatic carbocycles. The van der Waals surface area contributed by atoms with Gasteiger partial charge in [-0.15, -0.1) is 0 Å². The van der Waals surface area contributed by atoms with Gasteiger partial charge in [-0.25, -0.2) is 0 Å². The Bertz CT molecular complexity index is 281. The van der Waals surface area contributed by atoms with Crippen LogP contribution < -0.4 is 5.32 Å². The molecule has 17 heavy (non-hydrogen) atoms. The van der Waals surface area contributed by atoms with Crippen molar-refractivity contribution in [3.63, 3.8) is 0 Å². The molecule has 0 spiro atoms. The normalized spacial score (nSPS) is 14.5. The molecule has 1 aromatic carbocycles. The molecule has 96 valence electrons. The Balaban J connectivity index is 2.56. The minimum atomic E-state index is 0.512. The van der Waals surface area contributed by atoms with E-state index in [4.69, 9.17) is 0 Å². The van der Waals surface area contributed by atoms with Crippen LogP contribution in [-0.4, -0.2) is 7.05 Å². The molecule has 2 atom stereocenters. The fourth-order valence-electron chi connectivity index (χ4n) is 2.42. The van der Waals surface area contributed by atoms with Gasteiger partial charge in [-0.1, -0.05) is 69.9 Å². The van der Waals surface area contributed by atoms with Crippen LogP contribution >= 0.6 is 0 Å². The summed E-state index contributed by atoms with van der Waals surface area (Å²) in [5.41, 5.74) is 1.42. The van der Waals surface area contributed by atoms with Crippen LogP contribution in [0.2, 0.25) is 0 Å². The first-order chi connectivity index (χ1) is 8.31. The van der Waals surface area contributed by atoms with E-state index >= 15 is 0 Å². The first-order valence-electron chi connectivity index (χ1n) is 7.04. The number of unbranched alkanes of at least 4 members (excludes halogenated alkanes) is 1. The number of benzene rings is 1. The van der Waals surface area contributed by atoms with Crippen LogP contribution in [0, 0.1) is 5.92 Å². The van der Waals surface area contributed by atoms with Crippen molar-refractivity contribution in [1.82, 2.24) is 5.32 Å². The smallest absolute Gasteiger partial charge is 0.0320 e. The molecule has 1 aromatic rings. The van der Waals surface area contributed by atoms with Gasteiger partial charge in [0.05, 0.1) is 0 Å². The van der Waals surface area contributed by atoms with Crippen molar-refractivity contribution >= 4 is 0 Å². The van der Waals surface area contributed by atoms with Crippen LogP contribution in [-0.2, 0) is 0 Å². The summed E-state index contributed by atoms with van der Waals surface area (Å²) >= 11 is 0. The Morgan fingerprint density at radius 1 is 1.12 bits per heavy atom. The third-order valence-electron chi connectivity index (χ3n) is 3.66. The largest absolute Gasteiger partial charge is 0.313 e. The van der Waals surface area contributed by atoms with Gasteiger partial charge in [0.25, 0.3) is 0 Å². The number of nitrogens with one attached hydrogen (secondary N) is 1. The van der Waals surface area contributed by atoms with Gasteiger partial charge in [-0.3, -0.25) is 0 Å². The molecule has 1 N–H and O–H groups in total. The van der Waals surface area contributed by atoms with E-state index in [0.29, 0.717) is 6.04 Å². The van der Waals surface area contributed by atoms with Crippen molar-refractivity contribution in [1.29, 1.82) is 0 Å². The molecule has 0 aromatic heterocycles. The molecule has 0 fully saturated rings. The van der Waals surface area contributed by atoms with Crippen molar-refractivity contribution in [2.24, 2.45) is 5.92 Å². The van der Waals surface area contributed by atoms with E-state index in [0.717, 1.165) is 5.92 Å². The van der Waals surface area contributed by atoms with Crippen LogP contribution in [0.1, 0.15) is 57.6 Å². The zero-order chi connectivity index (χ0) is 12.5. The van der Waals surface area contributed by atoms with Gasteiger partial charge in [0.15, 0.2) is 0 Å². The van der Waals surface area contributed by atoms with Gasteiger partial charge in [0.1, 0.15) is 0 Å². The molecule has 1 rings (SSSR count). The van der Waals surface area contributed by atoms with Crippen molar-refractivity contribution in [3.8, 4) is 0 Å². The van der Waals surface area contributed by atoms with Crippen molar-refractivity contribution in [2.75, 3.05) is 7.05 Å². The summed E-state index contributed by atoms with van der Waals surface area (Å²) in [6.07, 6.45) is 6.61. The lowest BCUT2D eigenvalue weighted by atomic mass is 9.89. The Labute approximate surface area is 107 Å². The topological polar surface area (TPSA) is 12.0 Å². The second-order valence-electron chi connectivity index (χ2n) is 4.90. The molecule has 0 aliphatic rings. The highest BCUT2D eigenvalue weighted by Crippen LogP contribution is 2.26. The zero-order valence-corrected chi connectivity index (χ0v) is 11.6. The Hall–Kier alpha value is -0.820. The Morgan fingerprint density at radius 2 is 1.82 bits per heavy atom. The SMILES string of the molecule is CCCCC(CC)CC(NC)c1ccccc1. The summed E-state index contributed by atoms with van der Waals surface area (Å²) in [4.78, 5) is 0. The van der Waals surface area contributed by atoms with Gasteiger partial charge in [-0.2, -0.15) is 0 Å². The highest BCUT2D eigenvalue weighted by Gasteiger charge is 2.14. The second-order valence-corrected chi connectivity index (χ2v) is 4.90. The summed E-state index contributed by atoms with van der Waals surface area (Å²) in [6, 6.07) is 11.3. The predicted octanol–water partition coefficient (Wildman–Crippen LogP) is 4.55. The van der Waals surface area contributed by atoms with Crippen LogP contribution in [0.25, 0.3) is 0 Å². The average Bonchev–Trinajstić information content (AvgIpc) is 2.40. The molecule has 1 heteroatoms. The summed E-state index contributed by atoms with van der Waals surface area (Å²) in [7, 11) is 2.07. The molecule has 0 aliphatic heterocycles. The maximum absolute atomic E-state index is 3.46. The van der Waals surface area contributed by atoms with E-state index in [1.807, 2.05) is 0 Å². The number of rotatable bonds is 8. The molecule has 0 amide bonds. The minimum Gasteiger partial charge on any atom is -0.313 e. The van der Waals surface area contributed by atoms with Crippen LogP contribution in [0.4, 0.5) is 0 Å². The van der Waals surface area contributed by atoms with Crippen LogP contribution in [0.15, 0.2) is 30.3 Å². The maximum Gasteiger partial charge on any atom is 0.0320 e. The Morgan fingerprint density at radius 3 is 2.35 bits per heavy atom. The summed E-state index contributed by atoms with van der Waals surface area (Å²) in [6.45, 7) is 4.59. The fourth-order valence-corrected chi connectivity index (χ4v) is 2.42. The molecule has 1 nitrogen and oxygen atoms in total. The average molecular weight is 233 g/mol. The summed E-state index contributed by atoms with van der Waals surface area (Å²) in [5, 5.41) is 3.46. The lowest BCUT2D eigenvalue weighted by Crippen LogP contribution is -2.19. The van der Waals surface area contributed by atoms with Crippen molar-refractivity contribution < 1.29 is 0 Å². The van der Waals surface area contributed by atoms with E-state index in [2.05, 4.69) is 56.5 Å². The first-order valence-corrected chi connectivity index (χ1v) is 7.04. The molecule has 0 saturated carbocycles. The number of hydrogen-bond donors (Lipinski definition) is 1. The van der Waals surface area contributed by atoms with E-state index in [1.165, 1.54) is 37.7 Å². The highest BCUT2D eigenvalue weighted by molar-refractivity contribution is 5.18. The van der Waals surface area contributed by atoms with Crippen molar-refractivity contribution in [3.05, 3.63) is 35.9 Å². The van der Waals surface area contributed by atoms with Crippen LogP contribution in [0.3, 0.4) is 0 Å². The summed E-state index contributed by atoms with van der Waals surface area (Å²) < 4.78 is 0. The van der Waals surface area contributed by atoms with Gasteiger partial charge >= 0.3 is 0 Å². The predicted molar refractivity (Wildman–Crippen MR) is 76.2 cm³/mol. The minimum absolute atomic E-state index is 0.512. The molecule has 0 heterocycles. The monoisotopic (exact) mass is 233 g/mol. The third-order valence-corrected chi connectivity index (χ3v) is 3.66. The Kier molecular flexibility index (Phi) is 6.95. The second kappa shape index (κ2) is 8.30. The molecular weight excluding hydrogens is 206 g/mol. The molecule has 0 saturated heterocycles.